The zero-order valence-corrected chi connectivity index (χ0v) is 17.3. The van der Waals surface area contributed by atoms with Crippen molar-refractivity contribution in [2.45, 2.75) is 52.1 Å². The second kappa shape index (κ2) is 15.0. The standard InChI is InChI=1S/C18H28O12/c1-11(19)7-27-17(23)29-13(3)9-25-15(21)5-6-16(22)26-10-14(4)30-18(24)28-8-12(2)20/h5-6,11-14,19-20H,7-10H2,1-4H3/b6-5-. The first-order chi connectivity index (χ1) is 14.0. The highest BCUT2D eigenvalue weighted by Crippen LogP contribution is 1.99. The summed E-state index contributed by atoms with van der Waals surface area (Å²) in [6.07, 6.45) is -3.74. The fourth-order valence-electron chi connectivity index (χ4n) is 1.47. The van der Waals surface area contributed by atoms with Gasteiger partial charge in [-0.1, -0.05) is 0 Å². The summed E-state index contributed by atoms with van der Waals surface area (Å²) in [6, 6.07) is 0. The third kappa shape index (κ3) is 16.1. The molecule has 0 aliphatic rings. The van der Waals surface area contributed by atoms with Gasteiger partial charge in [0.05, 0.1) is 12.2 Å². The number of carbonyl (C=O) groups excluding carboxylic acids is 4. The van der Waals surface area contributed by atoms with Crippen molar-refractivity contribution in [3.63, 3.8) is 0 Å². The maximum Gasteiger partial charge on any atom is 0.508 e. The molecule has 30 heavy (non-hydrogen) atoms. The van der Waals surface area contributed by atoms with Crippen LogP contribution in [-0.2, 0) is 38.0 Å². The highest BCUT2D eigenvalue weighted by Gasteiger charge is 2.15. The number of ether oxygens (including phenoxy) is 6. The predicted octanol–water partition coefficient (Wildman–Crippen LogP) is 0.474. The summed E-state index contributed by atoms with van der Waals surface area (Å²) in [5.41, 5.74) is 0. The number of esters is 2. The maximum atomic E-state index is 11.5. The average molecular weight is 436 g/mol. The molecule has 4 unspecified atom stereocenters. The van der Waals surface area contributed by atoms with Crippen LogP contribution in [-0.4, -0.2) is 85.3 Å². The summed E-state index contributed by atoms with van der Waals surface area (Å²) < 4.78 is 28.3. The lowest BCUT2D eigenvalue weighted by Gasteiger charge is -2.13. The largest absolute Gasteiger partial charge is 0.508 e. The summed E-state index contributed by atoms with van der Waals surface area (Å²) >= 11 is 0. The minimum Gasteiger partial charge on any atom is -0.459 e. The number of aliphatic hydroxyl groups excluding tert-OH is 2. The molecule has 0 aromatic heterocycles. The normalized spacial score (nSPS) is 14.7. The van der Waals surface area contributed by atoms with Crippen LogP contribution >= 0.6 is 0 Å². The van der Waals surface area contributed by atoms with Gasteiger partial charge in [-0.15, -0.1) is 0 Å². The summed E-state index contributed by atoms with van der Waals surface area (Å²) in [5, 5.41) is 18.0. The molecular formula is C18H28O12. The van der Waals surface area contributed by atoms with E-state index in [2.05, 4.69) is 9.47 Å². The molecule has 0 aromatic rings. The molecule has 0 saturated carbocycles. The van der Waals surface area contributed by atoms with E-state index in [1.165, 1.54) is 27.7 Å². The first kappa shape index (κ1) is 27.1. The van der Waals surface area contributed by atoms with Gasteiger partial charge in [-0.25, -0.2) is 19.2 Å². The Kier molecular flexibility index (Phi) is 13.6. The molecule has 0 aromatic carbocycles. The van der Waals surface area contributed by atoms with Gasteiger partial charge in [0.25, 0.3) is 0 Å². The number of hydrogen-bond acceptors (Lipinski definition) is 12. The fraction of sp³-hybridized carbons (Fsp3) is 0.667. The summed E-state index contributed by atoms with van der Waals surface area (Å²) in [6.45, 7) is 4.70. The van der Waals surface area contributed by atoms with Gasteiger partial charge in [0.2, 0.25) is 0 Å². The molecule has 4 atom stereocenters. The van der Waals surface area contributed by atoms with E-state index < -0.39 is 48.7 Å². The van der Waals surface area contributed by atoms with Crippen LogP contribution in [0.5, 0.6) is 0 Å². The molecule has 12 heteroatoms. The van der Waals surface area contributed by atoms with Crippen molar-refractivity contribution >= 4 is 24.2 Å². The Bertz CT molecular complexity index is 534. The van der Waals surface area contributed by atoms with E-state index in [1.807, 2.05) is 0 Å². The second-order valence-corrected chi connectivity index (χ2v) is 6.27. The van der Waals surface area contributed by atoms with E-state index in [0.29, 0.717) is 0 Å². The monoisotopic (exact) mass is 436 g/mol. The number of aliphatic hydroxyl groups is 2. The molecule has 2 N–H and O–H groups in total. The van der Waals surface area contributed by atoms with Crippen molar-refractivity contribution in [3.05, 3.63) is 12.2 Å². The van der Waals surface area contributed by atoms with Gasteiger partial charge in [-0.3, -0.25) is 0 Å². The summed E-state index contributed by atoms with van der Waals surface area (Å²) in [4.78, 5) is 45.6. The van der Waals surface area contributed by atoms with Crippen LogP contribution in [0.15, 0.2) is 12.2 Å². The molecule has 0 rings (SSSR count). The minimum absolute atomic E-state index is 0.233. The Morgan fingerprint density at radius 2 is 0.967 bits per heavy atom. The van der Waals surface area contributed by atoms with Crippen LogP contribution in [0.1, 0.15) is 27.7 Å². The third-order valence-electron chi connectivity index (χ3n) is 2.76. The number of carbonyl (C=O) groups is 4. The maximum absolute atomic E-state index is 11.5. The molecule has 0 aliphatic heterocycles. The first-order valence-electron chi connectivity index (χ1n) is 9.04. The molecule has 0 saturated heterocycles. The van der Waals surface area contributed by atoms with Crippen molar-refractivity contribution in [2.75, 3.05) is 26.4 Å². The van der Waals surface area contributed by atoms with Crippen LogP contribution in [0.4, 0.5) is 9.59 Å². The van der Waals surface area contributed by atoms with Gasteiger partial charge >= 0.3 is 24.2 Å². The van der Waals surface area contributed by atoms with Crippen molar-refractivity contribution in [2.24, 2.45) is 0 Å². The van der Waals surface area contributed by atoms with Crippen molar-refractivity contribution in [3.8, 4) is 0 Å². The summed E-state index contributed by atoms with van der Waals surface area (Å²) in [5.74, 6) is -1.77. The van der Waals surface area contributed by atoms with Crippen LogP contribution in [0, 0.1) is 0 Å². The number of rotatable bonds is 12. The highest BCUT2D eigenvalue weighted by atomic mass is 16.7. The quantitative estimate of drug-likeness (QED) is 0.247. The predicted molar refractivity (Wildman–Crippen MR) is 98.2 cm³/mol. The molecule has 0 bridgehead atoms. The van der Waals surface area contributed by atoms with Gasteiger partial charge in [-0.05, 0) is 27.7 Å². The third-order valence-corrected chi connectivity index (χ3v) is 2.76. The molecule has 0 spiro atoms. The van der Waals surface area contributed by atoms with E-state index >= 15 is 0 Å². The Morgan fingerprint density at radius 3 is 1.27 bits per heavy atom. The molecule has 0 aliphatic carbocycles. The van der Waals surface area contributed by atoms with Crippen LogP contribution < -0.4 is 0 Å². The Balaban J connectivity index is 4.05. The molecule has 0 heterocycles. The van der Waals surface area contributed by atoms with Gasteiger partial charge in [0, 0.05) is 12.2 Å². The fourth-order valence-corrected chi connectivity index (χ4v) is 1.47. The molecular weight excluding hydrogens is 408 g/mol. The molecule has 0 amide bonds. The van der Waals surface area contributed by atoms with Gasteiger partial charge in [0.15, 0.2) is 0 Å². The molecule has 0 fully saturated rings. The zero-order chi connectivity index (χ0) is 23.1. The van der Waals surface area contributed by atoms with Crippen LogP contribution in [0.2, 0.25) is 0 Å². The van der Waals surface area contributed by atoms with E-state index in [-0.39, 0.29) is 26.4 Å². The van der Waals surface area contributed by atoms with Crippen LogP contribution in [0.3, 0.4) is 0 Å². The van der Waals surface area contributed by atoms with Crippen molar-refractivity contribution < 1.29 is 57.8 Å². The zero-order valence-electron chi connectivity index (χ0n) is 17.3. The first-order valence-corrected chi connectivity index (χ1v) is 9.04. The van der Waals surface area contributed by atoms with E-state index in [1.54, 1.807) is 0 Å². The Hall–Kier alpha value is -2.86. The molecule has 172 valence electrons. The van der Waals surface area contributed by atoms with Crippen LogP contribution in [0.25, 0.3) is 0 Å². The summed E-state index contributed by atoms with van der Waals surface area (Å²) in [7, 11) is 0. The lowest BCUT2D eigenvalue weighted by Crippen LogP contribution is -2.24. The average Bonchev–Trinajstić information content (AvgIpc) is 2.65. The number of hydrogen-bond donors (Lipinski definition) is 2. The van der Waals surface area contributed by atoms with E-state index in [4.69, 9.17) is 29.2 Å². The molecule has 12 nitrogen and oxygen atoms in total. The van der Waals surface area contributed by atoms with Gasteiger partial charge < -0.3 is 38.6 Å². The minimum atomic E-state index is -1.02. The molecule has 0 radical (unpaired) electrons. The lowest BCUT2D eigenvalue weighted by molar-refractivity contribution is -0.143. The smallest absolute Gasteiger partial charge is 0.459 e. The van der Waals surface area contributed by atoms with Gasteiger partial charge in [-0.2, -0.15) is 0 Å². The van der Waals surface area contributed by atoms with E-state index in [9.17, 15) is 19.2 Å². The second-order valence-electron chi connectivity index (χ2n) is 6.27. The Labute approximate surface area is 173 Å². The Morgan fingerprint density at radius 1 is 0.633 bits per heavy atom. The van der Waals surface area contributed by atoms with Crippen molar-refractivity contribution in [1.82, 2.24) is 0 Å². The lowest BCUT2D eigenvalue weighted by atomic mass is 10.4. The van der Waals surface area contributed by atoms with E-state index in [0.717, 1.165) is 12.2 Å². The van der Waals surface area contributed by atoms with Crippen molar-refractivity contribution in [1.29, 1.82) is 0 Å². The van der Waals surface area contributed by atoms with Gasteiger partial charge in [0.1, 0.15) is 38.6 Å². The topological polar surface area (TPSA) is 164 Å². The highest BCUT2D eigenvalue weighted by molar-refractivity contribution is 5.91. The SMILES string of the molecule is CC(O)COC(=O)OC(C)COC(=O)/C=C\C(=O)OCC(C)OC(=O)OCC(C)O.